The maximum atomic E-state index is 12.6. The van der Waals surface area contributed by atoms with Crippen LogP contribution in [0.3, 0.4) is 0 Å². The lowest BCUT2D eigenvalue weighted by atomic mass is 10.2. The molecule has 0 amide bonds. The number of furan rings is 1. The van der Waals surface area contributed by atoms with E-state index in [0.717, 1.165) is 22.8 Å². The summed E-state index contributed by atoms with van der Waals surface area (Å²) in [6, 6.07) is 18.3. The highest BCUT2D eigenvalue weighted by atomic mass is 32.2. The van der Waals surface area contributed by atoms with Gasteiger partial charge in [-0.25, -0.2) is 8.42 Å². The highest BCUT2D eigenvalue weighted by Gasteiger charge is 2.22. The molecule has 7 nitrogen and oxygen atoms in total. The minimum atomic E-state index is -3.47. The normalized spacial score (nSPS) is 15.8. The van der Waals surface area contributed by atoms with Crippen LogP contribution in [0.25, 0.3) is 11.3 Å². The zero-order chi connectivity index (χ0) is 22.6. The Kier molecular flexibility index (Phi) is 6.83. The van der Waals surface area contributed by atoms with E-state index in [9.17, 15) is 8.42 Å². The number of sulfonamides is 1. The predicted molar refractivity (Wildman–Crippen MR) is 122 cm³/mol. The van der Waals surface area contributed by atoms with Crippen molar-refractivity contribution in [1.29, 1.82) is 0 Å². The van der Waals surface area contributed by atoms with Crippen LogP contribution in [-0.2, 0) is 16.6 Å². The van der Waals surface area contributed by atoms with Crippen molar-refractivity contribution in [3.05, 3.63) is 66.4 Å². The van der Waals surface area contributed by atoms with Crippen molar-refractivity contribution in [2.24, 2.45) is 0 Å². The number of nitrogens with one attached hydrogen (secondary N) is 1. The number of benzene rings is 2. The molecular weight excluding hydrogens is 428 g/mol. The Labute approximate surface area is 189 Å². The van der Waals surface area contributed by atoms with Gasteiger partial charge >= 0.3 is 0 Å². The Hall–Kier alpha value is -2.81. The molecule has 0 bridgehead atoms. The number of para-hydroxylation sites is 2. The van der Waals surface area contributed by atoms with E-state index in [-0.39, 0.29) is 11.0 Å². The molecule has 0 aliphatic carbocycles. The molecular formula is C24H28N2O5S. The molecule has 1 aliphatic heterocycles. The average Bonchev–Trinajstić information content (AvgIpc) is 3.29. The summed E-state index contributed by atoms with van der Waals surface area (Å²) in [4.78, 5) is 0.287. The molecule has 2 aromatic carbocycles. The summed E-state index contributed by atoms with van der Waals surface area (Å²) in [5, 5.41) is 3.34. The standard InChI is InChI=1S/C24H28N2O5S/c1-3-26(4-2)32(27,28)21-12-9-18(10-13-21)22-14-11-19(30-22)15-25-16-20-17-29-23-7-5-6-8-24(23)31-20/h5-14,20,25H,3-4,15-17H2,1-2H3/t20-/m0/s1. The second-order valence-corrected chi connectivity index (χ2v) is 9.45. The molecule has 0 fully saturated rings. The van der Waals surface area contributed by atoms with Gasteiger partial charge in [0.2, 0.25) is 10.0 Å². The molecule has 0 saturated heterocycles. The lowest BCUT2D eigenvalue weighted by Crippen LogP contribution is -2.38. The zero-order valence-corrected chi connectivity index (χ0v) is 19.1. The van der Waals surface area contributed by atoms with E-state index in [4.69, 9.17) is 13.9 Å². The second-order valence-electron chi connectivity index (χ2n) is 7.51. The summed E-state index contributed by atoms with van der Waals surface area (Å²) < 4.78 is 44.3. The molecule has 1 aromatic heterocycles. The lowest BCUT2D eigenvalue weighted by molar-refractivity contribution is 0.0899. The van der Waals surface area contributed by atoms with Crippen molar-refractivity contribution in [2.75, 3.05) is 26.2 Å². The maximum absolute atomic E-state index is 12.6. The topological polar surface area (TPSA) is 81.0 Å². The summed E-state index contributed by atoms with van der Waals surface area (Å²) in [5.74, 6) is 3.02. The Morgan fingerprint density at radius 1 is 0.969 bits per heavy atom. The number of hydrogen-bond donors (Lipinski definition) is 1. The van der Waals surface area contributed by atoms with Gasteiger partial charge in [0.05, 0.1) is 11.4 Å². The molecule has 1 N–H and O–H groups in total. The van der Waals surface area contributed by atoms with Gasteiger partial charge in [-0.2, -0.15) is 4.31 Å². The molecule has 3 aromatic rings. The summed E-state index contributed by atoms with van der Waals surface area (Å²) in [5.41, 5.74) is 0.829. The number of fused-ring (bicyclic) bond motifs is 1. The number of nitrogens with zero attached hydrogens (tertiary/aromatic N) is 1. The van der Waals surface area contributed by atoms with Gasteiger partial charge in [-0.05, 0) is 48.5 Å². The number of rotatable bonds is 9. The Morgan fingerprint density at radius 3 is 2.41 bits per heavy atom. The van der Waals surface area contributed by atoms with Crippen LogP contribution in [0, 0.1) is 0 Å². The van der Waals surface area contributed by atoms with Crippen LogP contribution in [0.1, 0.15) is 19.6 Å². The Balaban J connectivity index is 1.33. The van der Waals surface area contributed by atoms with E-state index in [1.165, 1.54) is 4.31 Å². The first-order valence-electron chi connectivity index (χ1n) is 10.8. The predicted octanol–water partition coefficient (Wildman–Crippen LogP) is 3.91. The fourth-order valence-corrected chi connectivity index (χ4v) is 5.11. The van der Waals surface area contributed by atoms with E-state index in [1.54, 1.807) is 24.3 Å². The average molecular weight is 457 g/mol. The third-order valence-corrected chi connectivity index (χ3v) is 7.45. The first-order valence-corrected chi connectivity index (χ1v) is 12.2. The maximum Gasteiger partial charge on any atom is 0.243 e. The van der Waals surface area contributed by atoms with Crippen LogP contribution in [0.5, 0.6) is 11.5 Å². The highest BCUT2D eigenvalue weighted by molar-refractivity contribution is 7.89. The zero-order valence-electron chi connectivity index (χ0n) is 18.3. The monoisotopic (exact) mass is 456 g/mol. The van der Waals surface area contributed by atoms with E-state index >= 15 is 0 Å². The second kappa shape index (κ2) is 9.77. The molecule has 0 radical (unpaired) electrons. The number of hydrogen-bond acceptors (Lipinski definition) is 6. The molecule has 0 spiro atoms. The summed E-state index contributed by atoms with van der Waals surface area (Å²) in [7, 11) is -3.47. The van der Waals surface area contributed by atoms with Gasteiger partial charge in [0, 0.05) is 25.2 Å². The van der Waals surface area contributed by atoms with Crippen LogP contribution in [0.15, 0.2) is 70.0 Å². The molecule has 170 valence electrons. The largest absolute Gasteiger partial charge is 0.486 e. The molecule has 8 heteroatoms. The van der Waals surface area contributed by atoms with E-state index in [2.05, 4.69) is 5.32 Å². The smallest absolute Gasteiger partial charge is 0.243 e. The van der Waals surface area contributed by atoms with Gasteiger partial charge < -0.3 is 19.2 Å². The van der Waals surface area contributed by atoms with Crippen molar-refractivity contribution in [2.45, 2.75) is 31.4 Å². The van der Waals surface area contributed by atoms with Gasteiger partial charge in [-0.3, -0.25) is 0 Å². The van der Waals surface area contributed by atoms with Gasteiger partial charge in [0.1, 0.15) is 24.2 Å². The third kappa shape index (κ3) is 4.82. The minimum absolute atomic E-state index is 0.0698. The van der Waals surface area contributed by atoms with Gasteiger partial charge in [0.25, 0.3) is 0 Å². The van der Waals surface area contributed by atoms with Crippen LogP contribution in [-0.4, -0.2) is 45.1 Å². The molecule has 32 heavy (non-hydrogen) atoms. The summed E-state index contributed by atoms with van der Waals surface area (Å²) in [6.45, 7) is 6.23. The minimum Gasteiger partial charge on any atom is -0.486 e. The summed E-state index contributed by atoms with van der Waals surface area (Å²) >= 11 is 0. The van der Waals surface area contributed by atoms with Crippen LogP contribution in [0.2, 0.25) is 0 Å². The fourth-order valence-electron chi connectivity index (χ4n) is 3.65. The van der Waals surface area contributed by atoms with Gasteiger partial charge in [0.15, 0.2) is 11.5 Å². The fraction of sp³-hybridized carbons (Fsp3) is 0.333. The van der Waals surface area contributed by atoms with Crippen molar-refractivity contribution >= 4 is 10.0 Å². The van der Waals surface area contributed by atoms with E-state index in [1.807, 2.05) is 50.2 Å². The van der Waals surface area contributed by atoms with Crippen molar-refractivity contribution in [3.63, 3.8) is 0 Å². The van der Waals surface area contributed by atoms with Crippen LogP contribution in [0.4, 0.5) is 0 Å². The lowest BCUT2D eigenvalue weighted by Gasteiger charge is -2.26. The molecule has 1 atom stereocenters. The Morgan fingerprint density at radius 2 is 1.69 bits per heavy atom. The third-order valence-electron chi connectivity index (χ3n) is 5.38. The SMILES string of the molecule is CCN(CC)S(=O)(=O)c1ccc(-c2ccc(CNC[C@H]3COc4ccccc4O3)o2)cc1. The first-order chi connectivity index (χ1) is 15.5. The van der Waals surface area contributed by atoms with Crippen LogP contribution < -0.4 is 14.8 Å². The van der Waals surface area contributed by atoms with Crippen LogP contribution >= 0.6 is 0 Å². The van der Waals surface area contributed by atoms with Gasteiger partial charge in [-0.1, -0.05) is 26.0 Å². The highest BCUT2D eigenvalue weighted by Crippen LogP contribution is 2.30. The molecule has 4 rings (SSSR count). The molecule has 0 unspecified atom stereocenters. The molecule has 2 heterocycles. The van der Waals surface area contributed by atoms with Crippen molar-refractivity contribution < 1.29 is 22.3 Å². The van der Waals surface area contributed by atoms with E-state index < -0.39 is 10.0 Å². The quantitative estimate of drug-likeness (QED) is 0.526. The number of ether oxygens (including phenoxy) is 2. The Bertz CT molecular complexity index is 1140. The summed E-state index contributed by atoms with van der Waals surface area (Å²) in [6.07, 6.45) is -0.0698. The van der Waals surface area contributed by atoms with Crippen molar-refractivity contribution in [1.82, 2.24) is 9.62 Å². The molecule has 0 saturated carbocycles. The first kappa shape index (κ1) is 22.4. The van der Waals surface area contributed by atoms with E-state index in [0.29, 0.717) is 38.5 Å². The van der Waals surface area contributed by atoms with Crippen molar-refractivity contribution in [3.8, 4) is 22.8 Å². The molecule has 1 aliphatic rings. The van der Waals surface area contributed by atoms with Gasteiger partial charge in [-0.15, -0.1) is 0 Å².